The topological polar surface area (TPSA) is 23.5 Å². The molecule has 19 heavy (non-hydrogen) atoms. The highest BCUT2D eigenvalue weighted by Crippen LogP contribution is 2.35. The Kier molecular flexibility index (Phi) is 4.32. The standard InChI is InChI=1S/C17H27NO/c1-13(16(19)14-8-6-5-7-9-14)18-11-10-15(12-18)17(2,3)4/h5-9,13,15-16,19H,10-12H2,1-4H3. The van der Waals surface area contributed by atoms with Gasteiger partial charge in [-0.15, -0.1) is 0 Å². The number of rotatable bonds is 3. The lowest BCUT2D eigenvalue weighted by Crippen LogP contribution is -2.37. The summed E-state index contributed by atoms with van der Waals surface area (Å²) in [5.74, 6) is 0.734. The van der Waals surface area contributed by atoms with Crippen molar-refractivity contribution in [1.29, 1.82) is 0 Å². The van der Waals surface area contributed by atoms with Crippen LogP contribution in [0.15, 0.2) is 30.3 Å². The molecule has 2 heteroatoms. The van der Waals surface area contributed by atoms with E-state index in [4.69, 9.17) is 0 Å². The summed E-state index contributed by atoms with van der Waals surface area (Å²) < 4.78 is 0. The summed E-state index contributed by atoms with van der Waals surface area (Å²) in [5, 5.41) is 10.5. The molecule has 1 aromatic carbocycles. The highest BCUT2D eigenvalue weighted by Gasteiger charge is 2.35. The van der Waals surface area contributed by atoms with Gasteiger partial charge in [-0.05, 0) is 36.8 Å². The molecule has 1 aliphatic heterocycles. The van der Waals surface area contributed by atoms with Gasteiger partial charge >= 0.3 is 0 Å². The zero-order chi connectivity index (χ0) is 14.0. The van der Waals surface area contributed by atoms with E-state index < -0.39 is 0 Å². The summed E-state index contributed by atoms with van der Waals surface area (Å²) in [4.78, 5) is 2.44. The van der Waals surface area contributed by atoms with Crippen LogP contribution in [0.2, 0.25) is 0 Å². The van der Waals surface area contributed by atoms with Gasteiger partial charge in [0.25, 0.3) is 0 Å². The van der Waals surface area contributed by atoms with Crippen LogP contribution in [0.3, 0.4) is 0 Å². The van der Waals surface area contributed by atoms with Crippen molar-refractivity contribution in [2.45, 2.75) is 46.3 Å². The molecule has 1 aromatic rings. The van der Waals surface area contributed by atoms with Crippen LogP contribution < -0.4 is 0 Å². The van der Waals surface area contributed by atoms with Crippen molar-refractivity contribution in [3.05, 3.63) is 35.9 Å². The lowest BCUT2D eigenvalue weighted by Gasteiger charge is -2.31. The second-order valence-corrected chi connectivity index (χ2v) is 6.94. The molecule has 1 saturated heterocycles. The molecule has 1 N–H and O–H groups in total. The van der Waals surface area contributed by atoms with E-state index in [2.05, 4.69) is 32.6 Å². The van der Waals surface area contributed by atoms with Crippen LogP contribution in [0.25, 0.3) is 0 Å². The van der Waals surface area contributed by atoms with Gasteiger partial charge in [-0.2, -0.15) is 0 Å². The van der Waals surface area contributed by atoms with Gasteiger partial charge < -0.3 is 5.11 Å². The Morgan fingerprint density at radius 3 is 2.37 bits per heavy atom. The molecule has 0 amide bonds. The molecule has 0 saturated carbocycles. The maximum Gasteiger partial charge on any atom is 0.0942 e. The highest BCUT2D eigenvalue weighted by molar-refractivity contribution is 5.18. The van der Waals surface area contributed by atoms with E-state index in [0.717, 1.165) is 24.6 Å². The van der Waals surface area contributed by atoms with E-state index in [1.54, 1.807) is 0 Å². The molecule has 0 spiro atoms. The number of nitrogens with zero attached hydrogens (tertiary/aromatic N) is 1. The van der Waals surface area contributed by atoms with Crippen molar-refractivity contribution < 1.29 is 5.11 Å². The molecular weight excluding hydrogens is 234 g/mol. The smallest absolute Gasteiger partial charge is 0.0942 e. The Labute approximate surface area is 117 Å². The summed E-state index contributed by atoms with van der Waals surface area (Å²) >= 11 is 0. The van der Waals surface area contributed by atoms with E-state index in [1.165, 1.54) is 6.42 Å². The van der Waals surface area contributed by atoms with E-state index in [-0.39, 0.29) is 12.1 Å². The van der Waals surface area contributed by atoms with Gasteiger partial charge in [-0.25, -0.2) is 0 Å². The average Bonchev–Trinajstić information content (AvgIpc) is 2.87. The second-order valence-electron chi connectivity index (χ2n) is 6.94. The van der Waals surface area contributed by atoms with Gasteiger partial charge in [-0.1, -0.05) is 51.1 Å². The van der Waals surface area contributed by atoms with Crippen LogP contribution in [-0.2, 0) is 0 Å². The summed E-state index contributed by atoms with van der Waals surface area (Å²) in [6.45, 7) is 11.3. The average molecular weight is 261 g/mol. The third-order valence-corrected chi connectivity index (χ3v) is 4.62. The number of benzene rings is 1. The minimum atomic E-state index is -0.389. The molecule has 3 unspecified atom stereocenters. The van der Waals surface area contributed by atoms with Gasteiger partial charge in [0, 0.05) is 12.6 Å². The van der Waals surface area contributed by atoms with Crippen molar-refractivity contribution >= 4 is 0 Å². The number of aliphatic hydroxyl groups excluding tert-OH is 1. The van der Waals surface area contributed by atoms with Gasteiger partial charge in [0.05, 0.1) is 6.10 Å². The van der Waals surface area contributed by atoms with Crippen LogP contribution in [-0.4, -0.2) is 29.1 Å². The molecule has 0 bridgehead atoms. The van der Waals surface area contributed by atoms with Crippen LogP contribution >= 0.6 is 0 Å². The van der Waals surface area contributed by atoms with Crippen LogP contribution in [0, 0.1) is 11.3 Å². The third kappa shape index (κ3) is 3.37. The number of likely N-dealkylation sites (tertiary alicyclic amines) is 1. The van der Waals surface area contributed by atoms with E-state index >= 15 is 0 Å². The largest absolute Gasteiger partial charge is 0.387 e. The monoisotopic (exact) mass is 261 g/mol. The van der Waals surface area contributed by atoms with Crippen molar-refractivity contribution in [2.24, 2.45) is 11.3 Å². The van der Waals surface area contributed by atoms with Gasteiger partial charge in [0.1, 0.15) is 0 Å². The minimum absolute atomic E-state index is 0.190. The predicted molar refractivity (Wildman–Crippen MR) is 80.0 cm³/mol. The van der Waals surface area contributed by atoms with Crippen LogP contribution in [0.1, 0.15) is 45.8 Å². The number of hydrogen-bond acceptors (Lipinski definition) is 2. The SMILES string of the molecule is CC(C(O)c1ccccc1)N1CCC(C(C)(C)C)C1. The molecule has 0 radical (unpaired) electrons. The lowest BCUT2D eigenvalue weighted by atomic mass is 9.80. The molecule has 1 heterocycles. The number of aliphatic hydroxyl groups is 1. The Balaban J connectivity index is 2.00. The van der Waals surface area contributed by atoms with Crippen molar-refractivity contribution in [2.75, 3.05) is 13.1 Å². The first kappa shape index (κ1) is 14.5. The van der Waals surface area contributed by atoms with Crippen LogP contribution in [0.4, 0.5) is 0 Å². The third-order valence-electron chi connectivity index (χ3n) is 4.62. The zero-order valence-electron chi connectivity index (χ0n) is 12.6. The molecular formula is C17H27NO. The minimum Gasteiger partial charge on any atom is -0.387 e. The normalized spacial score (nSPS) is 24.4. The Bertz CT molecular complexity index is 395. The van der Waals surface area contributed by atoms with E-state index in [1.807, 2.05) is 30.3 Å². The highest BCUT2D eigenvalue weighted by atomic mass is 16.3. The Morgan fingerprint density at radius 2 is 1.84 bits per heavy atom. The summed E-state index contributed by atoms with van der Waals surface area (Å²) in [7, 11) is 0. The Morgan fingerprint density at radius 1 is 1.21 bits per heavy atom. The summed E-state index contributed by atoms with van der Waals surface area (Å²) in [5.41, 5.74) is 1.39. The quantitative estimate of drug-likeness (QED) is 0.900. The predicted octanol–water partition coefficient (Wildman–Crippen LogP) is 3.48. The second kappa shape index (κ2) is 5.64. The van der Waals surface area contributed by atoms with E-state index in [0.29, 0.717) is 5.41 Å². The molecule has 2 rings (SSSR count). The molecule has 2 nitrogen and oxygen atoms in total. The summed E-state index contributed by atoms with van der Waals surface area (Å²) in [6, 6.07) is 10.2. The fourth-order valence-electron chi connectivity index (χ4n) is 2.99. The fourth-order valence-corrected chi connectivity index (χ4v) is 2.99. The van der Waals surface area contributed by atoms with Gasteiger partial charge in [0.2, 0.25) is 0 Å². The first-order valence-electron chi connectivity index (χ1n) is 7.36. The van der Waals surface area contributed by atoms with Crippen LogP contribution in [0.5, 0.6) is 0 Å². The number of hydrogen-bond donors (Lipinski definition) is 1. The molecule has 1 fully saturated rings. The molecule has 1 aliphatic rings. The van der Waals surface area contributed by atoms with Crippen molar-refractivity contribution in [1.82, 2.24) is 4.90 Å². The summed E-state index contributed by atoms with van der Waals surface area (Å²) in [6.07, 6.45) is 0.856. The van der Waals surface area contributed by atoms with E-state index in [9.17, 15) is 5.11 Å². The molecule has 0 aromatic heterocycles. The van der Waals surface area contributed by atoms with Gasteiger partial charge in [-0.3, -0.25) is 4.90 Å². The maximum atomic E-state index is 10.5. The lowest BCUT2D eigenvalue weighted by molar-refractivity contribution is 0.0654. The Hall–Kier alpha value is -0.860. The molecule has 3 atom stereocenters. The first-order valence-corrected chi connectivity index (χ1v) is 7.36. The van der Waals surface area contributed by atoms with Crippen molar-refractivity contribution in [3.8, 4) is 0 Å². The fraction of sp³-hybridized carbons (Fsp3) is 0.647. The zero-order valence-corrected chi connectivity index (χ0v) is 12.6. The van der Waals surface area contributed by atoms with Crippen molar-refractivity contribution in [3.63, 3.8) is 0 Å². The first-order chi connectivity index (χ1) is 8.89. The molecule has 106 valence electrons. The molecule has 0 aliphatic carbocycles. The maximum absolute atomic E-state index is 10.5. The van der Waals surface area contributed by atoms with Gasteiger partial charge in [0.15, 0.2) is 0 Å².